The van der Waals surface area contributed by atoms with Crippen LogP contribution in [0.1, 0.15) is 22.3 Å². The first-order chi connectivity index (χ1) is 8.24. The van der Waals surface area contributed by atoms with E-state index in [0.29, 0.717) is 18.1 Å². The van der Waals surface area contributed by atoms with Crippen molar-refractivity contribution in [3.05, 3.63) is 10.6 Å². The molecular formula is C11H16N2O3S. The van der Waals surface area contributed by atoms with E-state index in [1.165, 1.54) is 11.3 Å². The van der Waals surface area contributed by atoms with Gasteiger partial charge in [-0.1, -0.05) is 11.3 Å². The van der Waals surface area contributed by atoms with Gasteiger partial charge in [0.2, 0.25) is 0 Å². The summed E-state index contributed by atoms with van der Waals surface area (Å²) in [6.45, 7) is 4.76. The van der Waals surface area contributed by atoms with Crippen LogP contribution in [0.3, 0.4) is 0 Å². The van der Waals surface area contributed by atoms with Crippen molar-refractivity contribution in [3.8, 4) is 0 Å². The van der Waals surface area contributed by atoms with Gasteiger partial charge in [0.1, 0.15) is 0 Å². The molecule has 0 N–H and O–H groups in total. The molecule has 1 aromatic rings. The van der Waals surface area contributed by atoms with Gasteiger partial charge in [0.05, 0.1) is 29.9 Å². The summed E-state index contributed by atoms with van der Waals surface area (Å²) in [5, 5.41) is 0.884. The minimum absolute atomic E-state index is 0.207. The van der Waals surface area contributed by atoms with E-state index in [4.69, 9.17) is 9.47 Å². The lowest BCUT2D eigenvalue weighted by Gasteiger charge is -2.30. The van der Waals surface area contributed by atoms with Crippen LogP contribution in [0.5, 0.6) is 0 Å². The summed E-state index contributed by atoms with van der Waals surface area (Å²) in [5.74, 6) is 0. The molecule has 0 bridgehead atoms. The molecule has 1 aromatic heterocycles. The Bertz CT molecular complexity index is 394. The normalized spacial score (nSPS) is 20.6. The summed E-state index contributed by atoms with van der Waals surface area (Å²) in [6, 6.07) is 0. The van der Waals surface area contributed by atoms with Gasteiger partial charge in [-0.3, -0.25) is 4.79 Å². The number of methoxy groups -OCH3 is 1. The number of nitrogens with zero attached hydrogens (tertiary/aromatic N) is 2. The highest BCUT2D eigenvalue weighted by atomic mass is 32.1. The van der Waals surface area contributed by atoms with Gasteiger partial charge in [0.25, 0.3) is 0 Å². The number of carbonyl (C=O) groups excluding carboxylic acids is 1. The van der Waals surface area contributed by atoms with E-state index in [0.717, 1.165) is 30.2 Å². The Labute approximate surface area is 104 Å². The second kappa shape index (κ2) is 5.57. The Morgan fingerprint density at radius 2 is 2.53 bits per heavy atom. The van der Waals surface area contributed by atoms with Crippen LogP contribution in [0.15, 0.2) is 0 Å². The third kappa shape index (κ3) is 2.83. The van der Waals surface area contributed by atoms with Gasteiger partial charge >= 0.3 is 0 Å². The molecule has 0 spiro atoms. The number of ether oxygens (including phenoxy) is 2. The molecule has 2 heterocycles. The van der Waals surface area contributed by atoms with E-state index < -0.39 is 0 Å². The van der Waals surface area contributed by atoms with E-state index in [1.807, 2.05) is 6.92 Å². The molecule has 1 fully saturated rings. The minimum atomic E-state index is 0.207. The van der Waals surface area contributed by atoms with Crippen molar-refractivity contribution in [1.82, 2.24) is 4.98 Å². The lowest BCUT2D eigenvalue weighted by Crippen LogP contribution is -2.41. The van der Waals surface area contributed by atoms with Gasteiger partial charge in [-0.15, -0.1) is 0 Å². The van der Waals surface area contributed by atoms with Gasteiger partial charge in [-0.2, -0.15) is 0 Å². The molecule has 2 rings (SSSR count). The number of thiazole rings is 1. The Morgan fingerprint density at radius 1 is 1.71 bits per heavy atom. The second-order valence-corrected chi connectivity index (χ2v) is 4.99. The van der Waals surface area contributed by atoms with Crippen molar-refractivity contribution >= 4 is 22.8 Å². The molecular weight excluding hydrogens is 240 g/mol. The van der Waals surface area contributed by atoms with E-state index in [1.54, 1.807) is 7.11 Å². The molecule has 1 unspecified atom stereocenters. The molecule has 0 saturated carbocycles. The third-order valence-electron chi connectivity index (χ3n) is 2.62. The summed E-state index contributed by atoms with van der Waals surface area (Å²) >= 11 is 1.42. The first-order valence-corrected chi connectivity index (χ1v) is 6.36. The zero-order valence-electron chi connectivity index (χ0n) is 10.0. The van der Waals surface area contributed by atoms with Crippen molar-refractivity contribution < 1.29 is 14.3 Å². The van der Waals surface area contributed by atoms with Crippen LogP contribution in [0.4, 0.5) is 5.13 Å². The maximum absolute atomic E-state index is 10.9. The first-order valence-electron chi connectivity index (χ1n) is 5.55. The quantitative estimate of drug-likeness (QED) is 0.761. The Balaban J connectivity index is 2.17. The predicted octanol–water partition coefficient (Wildman–Crippen LogP) is 1.33. The number of morpholine rings is 1. The number of hydrogen-bond acceptors (Lipinski definition) is 6. The molecule has 1 saturated heterocycles. The summed E-state index contributed by atoms with van der Waals surface area (Å²) in [4.78, 5) is 18.2. The van der Waals surface area contributed by atoms with E-state index in [2.05, 4.69) is 9.88 Å². The molecule has 0 aliphatic carbocycles. The molecule has 17 heavy (non-hydrogen) atoms. The third-order valence-corrected chi connectivity index (χ3v) is 3.70. The highest BCUT2D eigenvalue weighted by Gasteiger charge is 2.21. The highest BCUT2D eigenvalue weighted by Crippen LogP contribution is 2.27. The lowest BCUT2D eigenvalue weighted by atomic mass is 10.3. The standard InChI is InChI=1S/C11H16N2O3S/c1-8-5-13(3-4-16-8)11-12-9(7-15-2)10(6-14)17-11/h6,8H,3-5,7H2,1-2H3. The van der Waals surface area contributed by atoms with Crippen molar-refractivity contribution in [2.45, 2.75) is 19.6 Å². The van der Waals surface area contributed by atoms with Gasteiger partial charge in [0, 0.05) is 20.2 Å². The average molecular weight is 256 g/mol. The molecule has 0 amide bonds. The van der Waals surface area contributed by atoms with Gasteiger partial charge < -0.3 is 14.4 Å². The van der Waals surface area contributed by atoms with Crippen LogP contribution in [0.2, 0.25) is 0 Å². The molecule has 1 atom stereocenters. The van der Waals surface area contributed by atoms with E-state index >= 15 is 0 Å². The van der Waals surface area contributed by atoms with Crippen molar-refractivity contribution in [1.29, 1.82) is 0 Å². The molecule has 5 nitrogen and oxygen atoms in total. The zero-order chi connectivity index (χ0) is 12.3. The number of aromatic nitrogens is 1. The Morgan fingerprint density at radius 3 is 3.18 bits per heavy atom. The summed E-state index contributed by atoms with van der Waals surface area (Å²) < 4.78 is 10.5. The molecule has 0 aromatic carbocycles. The van der Waals surface area contributed by atoms with Crippen LogP contribution < -0.4 is 4.90 Å². The molecule has 94 valence electrons. The van der Waals surface area contributed by atoms with Crippen molar-refractivity contribution in [2.24, 2.45) is 0 Å². The molecule has 1 aliphatic rings. The maximum atomic E-state index is 10.9. The Hall–Kier alpha value is -0.980. The maximum Gasteiger partial charge on any atom is 0.186 e. The van der Waals surface area contributed by atoms with E-state index in [-0.39, 0.29) is 6.10 Å². The van der Waals surface area contributed by atoms with E-state index in [9.17, 15) is 4.79 Å². The van der Waals surface area contributed by atoms with Gasteiger partial charge in [0.15, 0.2) is 11.4 Å². The minimum Gasteiger partial charge on any atom is -0.378 e. The van der Waals surface area contributed by atoms with Crippen LogP contribution in [0.25, 0.3) is 0 Å². The topological polar surface area (TPSA) is 51.7 Å². The number of anilines is 1. The van der Waals surface area contributed by atoms with Crippen LogP contribution in [0, 0.1) is 0 Å². The Kier molecular flexibility index (Phi) is 4.09. The van der Waals surface area contributed by atoms with Gasteiger partial charge in [-0.25, -0.2) is 4.98 Å². The molecule has 6 heteroatoms. The summed E-state index contributed by atoms with van der Waals surface area (Å²) in [6.07, 6.45) is 1.05. The zero-order valence-corrected chi connectivity index (χ0v) is 10.8. The predicted molar refractivity (Wildman–Crippen MR) is 65.8 cm³/mol. The monoisotopic (exact) mass is 256 g/mol. The number of hydrogen-bond donors (Lipinski definition) is 0. The average Bonchev–Trinajstić information content (AvgIpc) is 2.73. The lowest BCUT2D eigenvalue weighted by molar-refractivity contribution is 0.0532. The number of carbonyl (C=O) groups is 1. The molecule has 1 aliphatic heterocycles. The molecule has 0 radical (unpaired) electrons. The SMILES string of the molecule is COCc1nc(N2CCOC(C)C2)sc1C=O. The summed E-state index contributed by atoms with van der Waals surface area (Å²) in [7, 11) is 1.60. The summed E-state index contributed by atoms with van der Waals surface area (Å²) in [5.41, 5.74) is 0.724. The first kappa shape index (κ1) is 12.5. The van der Waals surface area contributed by atoms with Crippen molar-refractivity contribution in [3.63, 3.8) is 0 Å². The fourth-order valence-corrected chi connectivity index (χ4v) is 2.73. The fourth-order valence-electron chi connectivity index (χ4n) is 1.81. The fraction of sp³-hybridized carbons (Fsp3) is 0.636. The van der Waals surface area contributed by atoms with Crippen LogP contribution >= 0.6 is 11.3 Å². The van der Waals surface area contributed by atoms with Gasteiger partial charge in [-0.05, 0) is 6.92 Å². The number of rotatable bonds is 4. The number of aldehydes is 1. The van der Waals surface area contributed by atoms with Crippen LogP contribution in [-0.4, -0.2) is 44.2 Å². The smallest absolute Gasteiger partial charge is 0.186 e. The van der Waals surface area contributed by atoms with Crippen LogP contribution in [-0.2, 0) is 16.1 Å². The largest absolute Gasteiger partial charge is 0.378 e. The van der Waals surface area contributed by atoms with Crippen molar-refractivity contribution in [2.75, 3.05) is 31.7 Å². The second-order valence-electron chi connectivity index (χ2n) is 3.99. The highest BCUT2D eigenvalue weighted by molar-refractivity contribution is 7.17.